The Bertz CT molecular complexity index is 2160. The normalized spacial score (nSPS) is 33.0. The van der Waals surface area contributed by atoms with Gasteiger partial charge in [-0.05, 0) is 54.8 Å². The highest BCUT2D eigenvalue weighted by atomic mass is 16.6. The van der Waals surface area contributed by atoms with Crippen LogP contribution in [0, 0.1) is 22.7 Å². The Labute approximate surface area is 342 Å². The van der Waals surface area contributed by atoms with Crippen molar-refractivity contribution >= 4 is 29.6 Å². The highest BCUT2D eigenvalue weighted by Gasteiger charge is 2.77. The predicted molar refractivity (Wildman–Crippen MR) is 211 cm³/mol. The highest BCUT2D eigenvalue weighted by molar-refractivity contribution is 5.95. The van der Waals surface area contributed by atoms with E-state index in [1.54, 1.807) is 113 Å². The van der Waals surface area contributed by atoms with Crippen LogP contribution >= 0.6 is 0 Å². The largest absolute Gasteiger partial charge is 0.456 e. The Morgan fingerprint density at radius 1 is 0.881 bits per heavy atom. The number of esters is 3. The number of ether oxygens (including phenoxy) is 4. The van der Waals surface area contributed by atoms with Crippen molar-refractivity contribution in [2.45, 2.75) is 102 Å². The van der Waals surface area contributed by atoms with E-state index in [4.69, 9.17) is 18.9 Å². The van der Waals surface area contributed by atoms with E-state index in [0.29, 0.717) is 22.3 Å². The number of carbonyl (C=O) groups is 5. The molecule has 0 spiro atoms. The van der Waals surface area contributed by atoms with Crippen molar-refractivity contribution < 1.29 is 58.2 Å². The first-order valence-electron chi connectivity index (χ1n) is 19.9. The molecule has 0 aromatic heterocycles. The van der Waals surface area contributed by atoms with Gasteiger partial charge in [-0.15, -0.1) is 0 Å². The summed E-state index contributed by atoms with van der Waals surface area (Å²) in [5, 5.41) is 40.0. The second kappa shape index (κ2) is 15.4. The molecule has 1 aliphatic heterocycles. The molecular formula is C46H51NO12. The van der Waals surface area contributed by atoms with E-state index in [2.05, 4.69) is 5.32 Å². The summed E-state index contributed by atoms with van der Waals surface area (Å²) in [6, 6.07) is 23.5. The van der Waals surface area contributed by atoms with Crippen molar-refractivity contribution in [1.82, 2.24) is 5.32 Å². The van der Waals surface area contributed by atoms with Crippen LogP contribution in [0.5, 0.6) is 0 Å². The molecule has 2 bridgehead atoms. The average Bonchev–Trinajstić information content (AvgIpc) is 3.21. The lowest BCUT2D eigenvalue weighted by Crippen LogP contribution is -2.81. The molecule has 1 amide bonds. The molecule has 2 unspecified atom stereocenters. The number of fused-ring (bicyclic) bond motifs is 5. The number of ketones is 1. The summed E-state index contributed by atoms with van der Waals surface area (Å²) >= 11 is 0. The van der Waals surface area contributed by atoms with Gasteiger partial charge in [-0.1, -0.05) is 87.5 Å². The number of Topliss-reactive ketones (excluding diaryl/α,β-unsaturated/α-hetero) is 1. The molecule has 13 heteroatoms. The predicted octanol–water partition coefficient (Wildman–Crippen LogP) is 4.44. The van der Waals surface area contributed by atoms with Crippen molar-refractivity contribution in [2.75, 3.05) is 6.61 Å². The van der Waals surface area contributed by atoms with Crippen molar-refractivity contribution in [3.05, 3.63) is 119 Å². The van der Waals surface area contributed by atoms with E-state index in [9.17, 15) is 34.5 Å². The van der Waals surface area contributed by atoms with E-state index in [-0.39, 0.29) is 18.6 Å². The fourth-order valence-electron chi connectivity index (χ4n) is 10.4. The minimum absolute atomic E-state index is 0.0700. The summed E-state index contributed by atoms with van der Waals surface area (Å²) in [7, 11) is 0. The zero-order chi connectivity index (χ0) is 42.7. The lowest BCUT2D eigenvalue weighted by atomic mass is 9.43. The van der Waals surface area contributed by atoms with Crippen LogP contribution in [0.3, 0.4) is 0 Å². The minimum atomic E-state index is -2.19. The second-order valence-electron chi connectivity index (χ2n) is 17.1. The molecule has 312 valence electrons. The Kier molecular flexibility index (Phi) is 11.0. The first-order valence-corrected chi connectivity index (χ1v) is 19.9. The van der Waals surface area contributed by atoms with Gasteiger partial charge in [-0.2, -0.15) is 0 Å². The molecule has 3 fully saturated rings. The van der Waals surface area contributed by atoms with Gasteiger partial charge in [-0.3, -0.25) is 14.4 Å². The fourth-order valence-corrected chi connectivity index (χ4v) is 10.4. The summed E-state index contributed by atoms with van der Waals surface area (Å²) in [6.45, 7) is 9.32. The van der Waals surface area contributed by atoms with Crippen LogP contribution in [-0.2, 0) is 33.3 Å². The number of carbonyl (C=O) groups excluding carboxylic acids is 5. The number of amides is 1. The minimum Gasteiger partial charge on any atom is -0.456 e. The molecule has 4 N–H and O–H groups in total. The summed E-state index contributed by atoms with van der Waals surface area (Å²) in [6.07, 6.45) is -7.67. The lowest BCUT2D eigenvalue weighted by Gasteiger charge is -2.67. The summed E-state index contributed by atoms with van der Waals surface area (Å²) in [4.78, 5) is 69.9. The molecule has 2 saturated carbocycles. The molecule has 3 aromatic rings. The first kappa shape index (κ1) is 41.9. The number of hydrogen-bond acceptors (Lipinski definition) is 12. The number of aliphatic hydroxyl groups excluding tert-OH is 2. The third kappa shape index (κ3) is 6.77. The van der Waals surface area contributed by atoms with Crippen molar-refractivity contribution in [3.63, 3.8) is 0 Å². The van der Waals surface area contributed by atoms with Gasteiger partial charge in [0.2, 0.25) is 0 Å². The molecule has 7 rings (SSSR count). The molecule has 13 nitrogen and oxygen atoms in total. The van der Waals surface area contributed by atoms with Crippen molar-refractivity contribution in [3.8, 4) is 0 Å². The van der Waals surface area contributed by atoms with Gasteiger partial charge in [0.05, 0.1) is 35.6 Å². The smallest absolute Gasteiger partial charge is 0.338 e. The zero-order valence-corrected chi connectivity index (χ0v) is 33.9. The zero-order valence-electron chi connectivity index (χ0n) is 33.9. The van der Waals surface area contributed by atoms with Crippen molar-refractivity contribution in [1.29, 1.82) is 0 Å². The number of aliphatic hydroxyl groups is 3. The topological polar surface area (TPSA) is 195 Å². The van der Waals surface area contributed by atoms with Crippen LogP contribution in [0.4, 0.5) is 0 Å². The molecule has 59 heavy (non-hydrogen) atoms. The lowest BCUT2D eigenvalue weighted by molar-refractivity contribution is -0.345. The number of rotatable bonds is 9. The van der Waals surface area contributed by atoms with Crippen LogP contribution in [-0.4, -0.2) is 93.2 Å². The van der Waals surface area contributed by atoms with Gasteiger partial charge in [0, 0.05) is 36.7 Å². The third-order valence-electron chi connectivity index (χ3n) is 13.5. The molecule has 4 aliphatic rings. The van der Waals surface area contributed by atoms with Crippen LogP contribution in [0.2, 0.25) is 0 Å². The van der Waals surface area contributed by atoms with Crippen LogP contribution in [0.1, 0.15) is 86.7 Å². The van der Waals surface area contributed by atoms with Crippen LogP contribution < -0.4 is 5.32 Å². The number of hydrogen-bond donors (Lipinski definition) is 4. The maximum atomic E-state index is 15.2. The van der Waals surface area contributed by atoms with Crippen LogP contribution in [0.15, 0.2) is 102 Å². The van der Waals surface area contributed by atoms with Gasteiger partial charge in [0.15, 0.2) is 11.7 Å². The molecular weight excluding hydrogens is 759 g/mol. The monoisotopic (exact) mass is 809 g/mol. The van der Waals surface area contributed by atoms with E-state index in [0.717, 1.165) is 0 Å². The average molecular weight is 810 g/mol. The number of benzene rings is 3. The maximum absolute atomic E-state index is 15.2. The van der Waals surface area contributed by atoms with E-state index in [1.165, 1.54) is 19.1 Å². The van der Waals surface area contributed by atoms with Gasteiger partial charge >= 0.3 is 17.9 Å². The first-order chi connectivity index (χ1) is 27.9. The molecule has 3 aromatic carbocycles. The Balaban J connectivity index is 1.34. The molecule has 0 radical (unpaired) electrons. The van der Waals surface area contributed by atoms with Gasteiger partial charge in [0.1, 0.15) is 29.7 Å². The van der Waals surface area contributed by atoms with E-state index >= 15 is 4.79 Å². The van der Waals surface area contributed by atoms with Crippen molar-refractivity contribution in [2.24, 2.45) is 22.7 Å². The molecule has 1 heterocycles. The van der Waals surface area contributed by atoms with E-state index in [1.807, 2.05) is 0 Å². The Hall–Kier alpha value is -5.21. The quantitative estimate of drug-likeness (QED) is 0.135. The summed E-state index contributed by atoms with van der Waals surface area (Å²) in [5.41, 5.74) is -5.28. The molecule has 11 atom stereocenters. The second-order valence-corrected chi connectivity index (χ2v) is 17.1. The molecule has 1 saturated heterocycles. The standard InChI is InChI=1S/C46H51NO12/c1-25-31(57-42(54)36(50)35(28-16-10-7-11-17-28)47-40(52)29-18-12-8-13-19-29)23-46(55)39(58-41(53)30-20-14-9-15-21-30)37-44(6,38(51)26(2)34(25)43(46,4)5)32(49)22-33-45(37,24-56-33)59-27(3)48/h7-21,26,31-33,35-37,39,49-50,55H,22-24H2,1-6H3,(H,47,52)/t26-,31?,32+,33?,35+,36-,37+,39+,44-,45+,46-/m1/s1. The van der Waals surface area contributed by atoms with Crippen LogP contribution in [0.25, 0.3) is 0 Å². The maximum Gasteiger partial charge on any atom is 0.338 e. The summed E-state index contributed by atoms with van der Waals surface area (Å²) < 4.78 is 24.5. The third-order valence-corrected chi connectivity index (χ3v) is 13.5. The SMILES string of the molecule is CC(=O)O[C@@]12COC1C[C@H](O)[C@@]1(C)C(=O)[C@H](C)C3=C(C)C(OC(=O)[C@H](O)[C@@H](NC(=O)c4ccccc4)c4ccccc4)C[C@@](O)([C@@H](OC(=O)c4ccccc4)[C@@H]12)C3(C)C. The van der Waals surface area contributed by atoms with Gasteiger partial charge in [-0.25, -0.2) is 9.59 Å². The number of nitrogens with one attached hydrogen (secondary N) is 1. The highest BCUT2D eigenvalue weighted by Crippen LogP contribution is 2.65. The van der Waals surface area contributed by atoms with E-state index < -0.39 is 106 Å². The van der Waals surface area contributed by atoms with Gasteiger partial charge < -0.3 is 39.6 Å². The van der Waals surface area contributed by atoms with Gasteiger partial charge in [0.25, 0.3) is 5.91 Å². The Morgan fingerprint density at radius 3 is 2.02 bits per heavy atom. The fraction of sp³-hybridized carbons (Fsp3) is 0.457. The Morgan fingerprint density at radius 2 is 1.46 bits per heavy atom. The summed E-state index contributed by atoms with van der Waals surface area (Å²) in [5.74, 6) is -6.06. The molecule has 3 aliphatic carbocycles.